The van der Waals surface area contributed by atoms with Gasteiger partial charge in [-0.15, -0.1) is 0 Å². The normalized spacial score (nSPS) is 15.6. The molecule has 33 heavy (non-hydrogen) atoms. The minimum absolute atomic E-state index is 0.0877. The number of benzene rings is 2. The number of carbonyl (C=O) groups is 1. The lowest BCUT2D eigenvalue weighted by molar-refractivity contribution is 0.190. The van der Waals surface area contributed by atoms with E-state index in [9.17, 15) is 4.79 Å². The highest BCUT2D eigenvalue weighted by atomic mass is 16.5. The van der Waals surface area contributed by atoms with Crippen molar-refractivity contribution in [2.45, 2.75) is 38.8 Å². The van der Waals surface area contributed by atoms with Gasteiger partial charge in [0.1, 0.15) is 5.75 Å². The lowest BCUT2D eigenvalue weighted by atomic mass is 10.1. The van der Waals surface area contributed by atoms with E-state index in [2.05, 4.69) is 10.2 Å². The number of nitrogens with zero attached hydrogens (tertiary/aromatic N) is 4. The van der Waals surface area contributed by atoms with Crippen LogP contribution in [0.5, 0.6) is 11.6 Å². The maximum absolute atomic E-state index is 12.9. The van der Waals surface area contributed by atoms with Crippen molar-refractivity contribution < 1.29 is 9.53 Å². The minimum Gasteiger partial charge on any atom is -0.438 e. The molecule has 0 spiro atoms. The van der Waals surface area contributed by atoms with Gasteiger partial charge >= 0.3 is 6.03 Å². The maximum Gasteiger partial charge on any atom is 0.317 e. The van der Waals surface area contributed by atoms with Gasteiger partial charge in [0.25, 0.3) is 0 Å². The van der Waals surface area contributed by atoms with Crippen molar-refractivity contribution in [3.05, 3.63) is 77.5 Å². The third-order valence-electron chi connectivity index (χ3n) is 6.18. The van der Waals surface area contributed by atoms with Crippen LogP contribution < -0.4 is 15.0 Å². The lowest BCUT2D eigenvalue weighted by Crippen LogP contribution is -2.43. The number of ether oxygens (including phenoxy) is 1. The molecule has 0 unspecified atom stereocenters. The molecule has 3 aromatic rings. The summed E-state index contributed by atoms with van der Waals surface area (Å²) in [5.41, 5.74) is 2.94. The average Bonchev–Trinajstić information content (AvgIpc) is 2.88. The van der Waals surface area contributed by atoms with Crippen LogP contribution in [0.3, 0.4) is 0 Å². The number of rotatable bonds is 5. The molecule has 0 atom stereocenters. The smallest absolute Gasteiger partial charge is 0.317 e. The third kappa shape index (κ3) is 5.08. The number of urea groups is 1. The van der Waals surface area contributed by atoms with Crippen LogP contribution in [0.1, 0.15) is 36.1 Å². The fourth-order valence-corrected chi connectivity index (χ4v) is 4.35. The SMILES string of the molecule is O=C(NCc1ccccc1)N1CCc2nc(N3CCCCC3)nc(Oc3ccccc3)c2C1. The van der Waals surface area contributed by atoms with Gasteiger partial charge in [-0.05, 0) is 37.0 Å². The molecule has 2 aromatic carbocycles. The molecule has 1 aromatic heterocycles. The van der Waals surface area contributed by atoms with Gasteiger partial charge < -0.3 is 19.9 Å². The zero-order chi connectivity index (χ0) is 22.5. The van der Waals surface area contributed by atoms with Gasteiger partial charge in [-0.25, -0.2) is 9.78 Å². The number of carbonyl (C=O) groups excluding carboxylic acids is 1. The highest BCUT2D eigenvalue weighted by Crippen LogP contribution is 2.32. The Hall–Kier alpha value is -3.61. The lowest BCUT2D eigenvalue weighted by Gasteiger charge is -2.32. The number of anilines is 1. The zero-order valence-corrected chi connectivity index (χ0v) is 18.7. The van der Waals surface area contributed by atoms with Crippen LogP contribution in [0.25, 0.3) is 0 Å². The van der Waals surface area contributed by atoms with E-state index in [0.29, 0.717) is 31.9 Å². The summed E-state index contributed by atoms with van der Waals surface area (Å²) in [6.45, 7) is 3.49. The summed E-state index contributed by atoms with van der Waals surface area (Å²) < 4.78 is 6.23. The molecule has 0 saturated carbocycles. The van der Waals surface area contributed by atoms with Crippen molar-refractivity contribution in [3.8, 4) is 11.6 Å². The van der Waals surface area contributed by atoms with Crippen LogP contribution in [0.2, 0.25) is 0 Å². The molecular weight excluding hydrogens is 414 g/mol. The summed E-state index contributed by atoms with van der Waals surface area (Å²) in [4.78, 5) is 26.7. The van der Waals surface area contributed by atoms with E-state index in [1.54, 1.807) is 0 Å². The van der Waals surface area contributed by atoms with Gasteiger partial charge in [-0.3, -0.25) is 0 Å². The number of aromatic nitrogens is 2. The second kappa shape index (κ2) is 9.90. The predicted molar refractivity (Wildman–Crippen MR) is 127 cm³/mol. The summed E-state index contributed by atoms with van der Waals surface area (Å²) in [5.74, 6) is 2.02. The molecule has 170 valence electrons. The number of hydrogen-bond acceptors (Lipinski definition) is 5. The summed E-state index contributed by atoms with van der Waals surface area (Å²) >= 11 is 0. The standard InChI is InChI=1S/C26H29N5O2/c32-26(27-18-20-10-4-1-5-11-20)31-17-14-23-22(19-31)24(33-21-12-6-2-7-13-21)29-25(28-23)30-15-8-3-9-16-30/h1-2,4-7,10-13H,3,8-9,14-19H2,(H,27,32). The molecule has 7 heteroatoms. The van der Waals surface area contributed by atoms with E-state index in [4.69, 9.17) is 14.7 Å². The average molecular weight is 444 g/mol. The van der Waals surface area contributed by atoms with Gasteiger partial charge in [-0.1, -0.05) is 48.5 Å². The molecule has 0 radical (unpaired) electrons. The van der Waals surface area contributed by atoms with Crippen LogP contribution in [-0.2, 0) is 19.5 Å². The van der Waals surface area contributed by atoms with Crippen LogP contribution in [0, 0.1) is 0 Å². The van der Waals surface area contributed by atoms with Crippen molar-refractivity contribution >= 4 is 12.0 Å². The Kier molecular flexibility index (Phi) is 6.37. The Morgan fingerprint density at radius 2 is 1.64 bits per heavy atom. The van der Waals surface area contributed by atoms with Crippen LogP contribution in [0.4, 0.5) is 10.7 Å². The number of nitrogens with one attached hydrogen (secondary N) is 1. The highest BCUT2D eigenvalue weighted by molar-refractivity contribution is 5.74. The molecule has 5 rings (SSSR count). The van der Waals surface area contributed by atoms with Crippen molar-refractivity contribution in [3.63, 3.8) is 0 Å². The summed E-state index contributed by atoms with van der Waals surface area (Å²) in [5, 5.41) is 3.03. The largest absolute Gasteiger partial charge is 0.438 e. The van der Waals surface area contributed by atoms with E-state index >= 15 is 0 Å². The molecule has 2 aliphatic rings. The number of hydrogen-bond donors (Lipinski definition) is 1. The van der Waals surface area contributed by atoms with E-state index in [-0.39, 0.29) is 6.03 Å². The van der Waals surface area contributed by atoms with Gasteiger partial charge in [-0.2, -0.15) is 4.98 Å². The Morgan fingerprint density at radius 3 is 2.39 bits per heavy atom. The Bertz CT molecular complexity index is 1080. The fraction of sp³-hybridized carbons (Fsp3) is 0.346. The number of piperidine rings is 1. The van der Waals surface area contributed by atoms with Gasteiger partial charge in [0.15, 0.2) is 0 Å². The van der Waals surface area contributed by atoms with Gasteiger partial charge in [0.05, 0.1) is 17.8 Å². The highest BCUT2D eigenvalue weighted by Gasteiger charge is 2.28. The Morgan fingerprint density at radius 1 is 0.909 bits per heavy atom. The molecular formula is C26H29N5O2. The van der Waals surface area contributed by atoms with E-state index < -0.39 is 0 Å². The van der Waals surface area contributed by atoms with Crippen molar-refractivity contribution in [1.82, 2.24) is 20.2 Å². The number of fused-ring (bicyclic) bond motifs is 1. The van der Waals surface area contributed by atoms with Crippen LogP contribution >= 0.6 is 0 Å². The van der Waals surface area contributed by atoms with Crippen molar-refractivity contribution in [1.29, 1.82) is 0 Å². The third-order valence-corrected chi connectivity index (χ3v) is 6.18. The van der Waals surface area contributed by atoms with Crippen molar-refractivity contribution in [2.24, 2.45) is 0 Å². The summed E-state index contributed by atoms with van der Waals surface area (Å²) in [6.07, 6.45) is 4.25. The molecule has 2 aliphatic heterocycles. The maximum atomic E-state index is 12.9. The van der Waals surface area contributed by atoms with Crippen molar-refractivity contribution in [2.75, 3.05) is 24.5 Å². The Balaban J connectivity index is 1.37. The minimum atomic E-state index is -0.0877. The van der Waals surface area contributed by atoms with E-state index in [1.165, 1.54) is 6.42 Å². The zero-order valence-electron chi connectivity index (χ0n) is 18.7. The molecule has 1 N–H and O–H groups in total. The summed E-state index contributed by atoms with van der Waals surface area (Å²) in [7, 11) is 0. The first-order valence-corrected chi connectivity index (χ1v) is 11.7. The quantitative estimate of drug-likeness (QED) is 0.628. The van der Waals surface area contributed by atoms with Gasteiger partial charge in [0.2, 0.25) is 11.8 Å². The fourth-order valence-electron chi connectivity index (χ4n) is 4.35. The first kappa shape index (κ1) is 21.2. The second-order valence-electron chi connectivity index (χ2n) is 8.53. The van der Waals surface area contributed by atoms with E-state index in [0.717, 1.165) is 54.4 Å². The molecule has 1 saturated heterocycles. The van der Waals surface area contributed by atoms with E-state index in [1.807, 2.05) is 65.6 Å². The summed E-state index contributed by atoms with van der Waals surface area (Å²) in [6, 6.07) is 19.5. The second-order valence-corrected chi connectivity index (χ2v) is 8.53. The molecule has 2 amide bonds. The predicted octanol–water partition coefficient (Wildman–Crippen LogP) is 4.53. The van der Waals surface area contributed by atoms with Crippen LogP contribution in [-0.4, -0.2) is 40.5 Å². The van der Waals surface area contributed by atoms with Crippen LogP contribution in [0.15, 0.2) is 60.7 Å². The molecule has 1 fully saturated rings. The molecule has 0 bridgehead atoms. The molecule has 7 nitrogen and oxygen atoms in total. The number of para-hydroxylation sites is 1. The first-order valence-electron chi connectivity index (χ1n) is 11.7. The Labute approximate surface area is 194 Å². The molecule has 3 heterocycles. The monoisotopic (exact) mass is 443 g/mol. The molecule has 0 aliphatic carbocycles. The topological polar surface area (TPSA) is 70.6 Å². The van der Waals surface area contributed by atoms with Gasteiger partial charge in [0, 0.05) is 32.6 Å². The number of amides is 2. The first-order chi connectivity index (χ1) is 16.3.